The van der Waals surface area contributed by atoms with E-state index in [-0.39, 0.29) is 45.8 Å². The second-order valence-corrected chi connectivity index (χ2v) is 3.69. The second-order valence-electron chi connectivity index (χ2n) is 3.69. The molecule has 5 heteroatoms. The molecule has 1 aromatic rings. The normalized spacial score (nSPS) is 9.93. The van der Waals surface area contributed by atoms with Gasteiger partial charge >= 0.3 is 23.1 Å². The number of ether oxygens (including phenoxy) is 1. The number of hydrogen-bond donors (Lipinski definition) is 0. The Morgan fingerprint density at radius 2 is 1.53 bits per heavy atom. The molecular formula is C10H11BrF2MgO. The average molecular weight is 289 g/mol. The first-order valence-corrected chi connectivity index (χ1v) is 3.94. The predicted octanol–water partition coefficient (Wildman–Crippen LogP) is -0.435. The van der Waals surface area contributed by atoms with E-state index in [1.807, 2.05) is 0 Å². The van der Waals surface area contributed by atoms with Crippen molar-refractivity contribution in [2.75, 3.05) is 0 Å². The molecule has 0 N–H and O–H groups in total. The van der Waals surface area contributed by atoms with Crippen LogP contribution in [0.25, 0.3) is 0 Å². The van der Waals surface area contributed by atoms with Gasteiger partial charge in [-0.25, -0.2) is 0 Å². The summed E-state index contributed by atoms with van der Waals surface area (Å²) in [5.41, 5.74) is -0.608. The van der Waals surface area contributed by atoms with Gasteiger partial charge in [-0.1, -0.05) is 0 Å². The van der Waals surface area contributed by atoms with Gasteiger partial charge in [-0.2, -0.15) is 6.07 Å². The smallest absolute Gasteiger partial charge is 1.00 e. The van der Waals surface area contributed by atoms with E-state index in [2.05, 4.69) is 6.07 Å². The first-order chi connectivity index (χ1) is 5.90. The molecule has 0 amide bonds. The van der Waals surface area contributed by atoms with Crippen LogP contribution in [0.5, 0.6) is 5.75 Å². The van der Waals surface area contributed by atoms with Crippen LogP contribution >= 0.6 is 0 Å². The van der Waals surface area contributed by atoms with E-state index >= 15 is 0 Å². The fourth-order valence-corrected chi connectivity index (χ4v) is 0.837. The summed E-state index contributed by atoms with van der Waals surface area (Å²) < 4.78 is 31.1. The molecule has 0 saturated heterocycles. The van der Waals surface area contributed by atoms with Crippen LogP contribution in [0.15, 0.2) is 12.1 Å². The number of hydrogen-bond acceptors (Lipinski definition) is 1. The van der Waals surface area contributed by atoms with Crippen LogP contribution in [0.1, 0.15) is 20.8 Å². The van der Waals surface area contributed by atoms with Crippen molar-refractivity contribution in [1.29, 1.82) is 0 Å². The van der Waals surface area contributed by atoms with Crippen LogP contribution in [0, 0.1) is 17.7 Å². The van der Waals surface area contributed by atoms with E-state index in [0.717, 1.165) is 12.1 Å². The summed E-state index contributed by atoms with van der Waals surface area (Å²) in [5, 5.41) is 0. The van der Waals surface area contributed by atoms with Gasteiger partial charge in [-0.15, -0.1) is 12.1 Å². The summed E-state index contributed by atoms with van der Waals surface area (Å²) >= 11 is 0. The van der Waals surface area contributed by atoms with Gasteiger partial charge in [-0.05, 0) is 20.8 Å². The molecule has 0 fully saturated rings. The standard InChI is InChI=1S/C10H11F2O.BrH.Mg/c1-10(2,3)13-9-7(11)5-4-6-8(9)12;;/h5-6H,1-3H3;1H;/q-1;;+2/p-1. The summed E-state index contributed by atoms with van der Waals surface area (Å²) in [6.07, 6.45) is 0. The summed E-state index contributed by atoms with van der Waals surface area (Å²) in [4.78, 5) is 0. The van der Waals surface area contributed by atoms with Crippen molar-refractivity contribution >= 4 is 23.1 Å². The van der Waals surface area contributed by atoms with E-state index in [0.29, 0.717) is 0 Å². The number of halogens is 3. The minimum Gasteiger partial charge on any atom is -1.00 e. The van der Waals surface area contributed by atoms with Crippen molar-refractivity contribution in [1.82, 2.24) is 0 Å². The van der Waals surface area contributed by atoms with Crippen molar-refractivity contribution in [3.63, 3.8) is 0 Å². The molecular weight excluding hydrogens is 278 g/mol. The van der Waals surface area contributed by atoms with Crippen molar-refractivity contribution in [2.24, 2.45) is 0 Å². The summed E-state index contributed by atoms with van der Waals surface area (Å²) in [6.45, 7) is 5.17. The maximum absolute atomic E-state index is 13.0. The largest absolute Gasteiger partial charge is 2.00 e. The van der Waals surface area contributed by atoms with Crippen LogP contribution in [0.2, 0.25) is 0 Å². The molecule has 15 heavy (non-hydrogen) atoms. The van der Waals surface area contributed by atoms with Crippen LogP contribution in [-0.2, 0) is 0 Å². The predicted molar refractivity (Wildman–Crippen MR) is 51.3 cm³/mol. The topological polar surface area (TPSA) is 9.23 Å². The van der Waals surface area contributed by atoms with Gasteiger partial charge in [0.05, 0.1) is 23.0 Å². The summed E-state index contributed by atoms with van der Waals surface area (Å²) in [5.74, 6) is -1.80. The Hall–Kier alpha value is 0.126. The Kier molecular flexibility index (Phi) is 7.77. The zero-order valence-electron chi connectivity index (χ0n) is 8.90. The van der Waals surface area contributed by atoms with Crippen LogP contribution < -0.4 is 21.7 Å². The average Bonchev–Trinajstić information content (AvgIpc) is 1.95. The van der Waals surface area contributed by atoms with E-state index in [9.17, 15) is 8.78 Å². The van der Waals surface area contributed by atoms with E-state index in [1.165, 1.54) is 0 Å². The molecule has 1 nitrogen and oxygen atoms in total. The fourth-order valence-electron chi connectivity index (χ4n) is 0.837. The quantitative estimate of drug-likeness (QED) is 0.503. The molecule has 0 bridgehead atoms. The zero-order chi connectivity index (χ0) is 10.1. The molecule has 0 saturated carbocycles. The molecule has 0 spiro atoms. The molecule has 0 aliphatic rings. The van der Waals surface area contributed by atoms with E-state index in [4.69, 9.17) is 4.74 Å². The van der Waals surface area contributed by atoms with Gasteiger partial charge in [0, 0.05) is 0 Å². The molecule has 1 aromatic carbocycles. The Bertz CT molecular complexity index is 293. The minimum absolute atomic E-state index is 0. The van der Waals surface area contributed by atoms with Gasteiger partial charge in [-0.3, -0.25) is 8.78 Å². The Labute approximate surface area is 115 Å². The zero-order valence-corrected chi connectivity index (χ0v) is 11.9. The third kappa shape index (κ3) is 5.68. The monoisotopic (exact) mass is 288 g/mol. The number of benzene rings is 1. The van der Waals surface area contributed by atoms with Gasteiger partial charge in [0.2, 0.25) is 0 Å². The molecule has 0 aromatic heterocycles. The summed E-state index contributed by atoms with van der Waals surface area (Å²) in [7, 11) is 0. The third-order valence-corrected chi connectivity index (χ3v) is 1.26. The second kappa shape index (κ2) is 6.65. The summed E-state index contributed by atoms with van der Waals surface area (Å²) in [6, 6.07) is 4.42. The van der Waals surface area contributed by atoms with Crippen LogP contribution in [0.3, 0.4) is 0 Å². The van der Waals surface area contributed by atoms with E-state index in [1.54, 1.807) is 20.8 Å². The van der Waals surface area contributed by atoms with Crippen molar-refractivity contribution < 1.29 is 30.5 Å². The van der Waals surface area contributed by atoms with Crippen molar-refractivity contribution in [3.05, 3.63) is 29.8 Å². The molecule has 0 heterocycles. The number of rotatable bonds is 1. The molecule has 80 valence electrons. The minimum atomic E-state index is -0.727. The van der Waals surface area contributed by atoms with Gasteiger partial charge < -0.3 is 21.7 Å². The van der Waals surface area contributed by atoms with Crippen LogP contribution in [-0.4, -0.2) is 28.7 Å². The Balaban J connectivity index is 0. The maximum Gasteiger partial charge on any atom is 2.00 e. The van der Waals surface area contributed by atoms with Crippen LogP contribution in [0.4, 0.5) is 8.78 Å². The molecule has 0 aliphatic carbocycles. The first kappa shape index (κ1) is 17.5. The third-order valence-electron chi connectivity index (χ3n) is 1.26. The molecule has 0 aliphatic heterocycles. The fraction of sp³-hybridized carbons (Fsp3) is 0.400. The molecule has 0 radical (unpaired) electrons. The first-order valence-electron chi connectivity index (χ1n) is 3.94. The SMILES string of the molecule is CC(C)(C)Oc1c(F)c[c-]cc1F.[Br-].[Mg+2]. The van der Waals surface area contributed by atoms with Crippen molar-refractivity contribution in [2.45, 2.75) is 26.4 Å². The van der Waals surface area contributed by atoms with Gasteiger partial charge in [0.25, 0.3) is 0 Å². The van der Waals surface area contributed by atoms with Crippen molar-refractivity contribution in [3.8, 4) is 5.75 Å². The maximum atomic E-state index is 13.0. The van der Waals surface area contributed by atoms with E-state index < -0.39 is 17.2 Å². The Morgan fingerprint density at radius 1 is 1.13 bits per heavy atom. The Morgan fingerprint density at radius 3 is 1.87 bits per heavy atom. The van der Waals surface area contributed by atoms with Gasteiger partial charge in [0.1, 0.15) is 0 Å². The van der Waals surface area contributed by atoms with Gasteiger partial charge in [0.15, 0.2) is 0 Å². The molecule has 1 rings (SSSR count). The molecule has 0 unspecified atom stereocenters. The molecule has 0 atom stereocenters.